The lowest BCUT2D eigenvalue weighted by Crippen LogP contribution is -2.37. The predicted molar refractivity (Wildman–Crippen MR) is 79.8 cm³/mol. The molecule has 0 heterocycles. The van der Waals surface area contributed by atoms with Gasteiger partial charge >= 0.3 is 0 Å². The maximum Gasteiger partial charge on any atom is 0.241 e. The van der Waals surface area contributed by atoms with Gasteiger partial charge in [0.25, 0.3) is 0 Å². The Morgan fingerprint density at radius 1 is 1.29 bits per heavy atom. The molecule has 0 aliphatic heterocycles. The standard InChI is InChI=1S/C15H14ClFN2O2/c16-10-3-6-14(12(17)8-10)19-15(21)13(18)7-9-1-4-11(20)5-2-9/h1-6,8,13,20H,7,18H2,(H,19,21). The fourth-order valence-corrected chi connectivity index (χ4v) is 1.95. The Bertz CT molecular complexity index is 647. The number of phenols is 1. The monoisotopic (exact) mass is 308 g/mol. The number of carbonyl (C=O) groups excluding carboxylic acids is 1. The van der Waals surface area contributed by atoms with Crippen molar-refractivity contribution >= 4 is 23.2 Å². The van der Waals surface area contributed by atoms with Gasteiger partial charge in [-0.05, 0) is 42.3 Å². The number of aromatic hydroxyl groups is 1. The summed E-state index contributed by atoms with van der Waals surface area (Å²) < 4.78 is 13.6. The van der Waals surface area contributed by atoms with Crippen LogP contribution in [-0.4, -0.2) is 17.1 Å². The molecular weight excluding hydrogens is 295 g/mol. The molecule has 1 unspecified atom stereocenters. The van der Waals surface area contributed by atoms with Crippen molar-refractivity contribution in [2.24, 2.45) is 5.73 Å². The van der Waals surface area contributed by atoms with E-state index in [1.807, 2.05) is 0 Å². The van der Waals surface area contributed by atoms with Gasteiger partial charge in [0.1, 0.15) is 11.6 Å². The summed E-state index contributed by atoms with van der Waals surface area (Å²) in [7, 11) is 0. The Morgan fingerprint density at radius 2 is 1.95 bits per heavy atom. The molecule has 110 valence electrons. The Hall–Kier alpha value is -2.11. The molecule has 0 saturated carbocycles. The lowest BCUT2D eigenvalue weighted by atomic mass is 10.1. The largest absolute Gasteiger partial charge is 0.508 e. The number of anilines is 1. The van der Waals surface area contributed by atoms with E-state index in [-0.39, 0.29) is 22.9 Å². The van der Waals surface area contributed by atoms with Gasteiger partial charge in [0, 0.05) is 5.02 Å². The number of nitrogens with two attached hydrogens (primary N) is 1. The number of hydrogen-bond acceptors (Lipinski definition) is 3. The number of hydrogen-bond donors (Lipinski definition) is 3. The summed E-state index contributed by atoms with van der Waals surface area (Å²) in [5.41, 5.74) is 6.62. The summed E-state index contributed by atoms with van der Waals surface area (Å²) in [5, 5.41) is 11.9. The zero-order valence-electron chi connectivity index (χ0n) is 11.0. The molecule has 1 atom stereocenters. The van der Waals surface area contributed by atoms with Crippen LogP contribution in [0.25, 0.3) is 0 Å². The maximum atomic E-state index is 13.6. The number of rotatable bonds is 4. The molecular formula is C15H14ClFN2O2. The second-order valence-corrected chi connectivity index (χ2v) is 5.03. The summed E-state index contributed by atoms with van der Waals surface area (Å²) in [6.07, 6.45) is 0.279. The lowest BCUT2D eigenvalue weighted by molar-refractivity contribution is -0.117. The number of carbonyl (C=O) groups is 1. The Kier molecular flexibility index (Phi) is 4.77. The van der Waals surface area contributed by atoms with Crippen molar-refractivity contribution in [3.8, 4) is 5.75 Å². The van der Waals surface area contributed by atoms with Crippen LogP contribution in [0, 0.1) is 5.82 Å². The topological polar surface area (TPSA) is 75.3 Å². The van der Waals surface area contributed by atoms with Gasteiger partial charge in [0.05, 0.1) is 11.7 Å². The molecule has 2 aromatic rings. The van der Waals surface area contributed by atoms with E-state index in [1.54, 1.807) is 12.1 Å². The first-order chi connectivity index (χ1) is 9.95. The van der Waals surface area contributed by atoms with Crippen molar-refractivity contribution < 1.29 is 14.3 Å². The fraction of sp³-hybridized carbons (Fsp3) is 0.133. The minimum absolute atomic E-state index is 0.0329. The molecule has 1 amide bonds. The van der Waals surface area contributed by atoms with Gasteiger partial charge in [-0.1, -0.05) is 23.7 Å². The molecule has 2 rings (SSSR count). The minimum atomic E-state index is -0.829. The first kappa shape index (κ1) is 15.3. The van der Waals surface area contributed by atoms with Crippen LogP contribution >= 0.6 is 11.6 Å². The molecule has 4 nitrogen and oxygen atoms in total. The molecule has 4 N–H and O–H groups in total. The second-order valence-electron chi connectivity index (χ2n) is 4.59. The molecule has 0 aromatic heterocycles. The average Bonchev–Trinajstić information content (AvgIpc) is 2.44. The number of phenolic OH excluding ortho intramolecular Hbond substituents is 1. The number of halogens is 2. The predicted octanol–water partition coefficient (Wildman–Crippen LogP) is 2.69. The molecule has 21 heavy (non-hydrogen) atoms. The highest BCUT2D eigenvalue weighted by Gasteiger charge is 2.16. The van der Waals surface area contributed by atoms with Crippen LogP contribution in [0.2, 0.25) is 5.02 Å². The van der Waals surface area contributed by atoms with Gasteiger partial charge in [-0.25, -0.2) is 4.39 Å². The summed E-state index contributed by atoms with van der Waals surface area (Å²) in [4.78, 5) is 11.9. The first-order valence-electron chi connectivity index (χ1n) is 6.25. The highest BCUT2D eigenvalue weighted by molar-refractivity contribution is 6.30. The van der Waals surface area contributed by atoms with E-state index in [1.165, 1.54) is 24.3 Å². The molecule has 0 bridgehead atoms. The van der Waals surface area contributed by atoms with Crippen molar-refractivity contribution in [3.63, 3.8) is 0 Å². The van der Waals surface area contributed by atoms with Gasteiger partial charge in [0.15, 0.2) is 0 Å². The molecule has 0 radical (unpaired) electrons. The molecule has 0 aliphatic carbocycles. The van der Waals surface area contributed by atoms with E-state index in [4.69, 9.17) is 17.3 Å². The zero-order valence-corrected chi connectivity index (χ0v) is 11.8. The summed E-state index contributed by atoms with van der Waals surface area (Å²) in [5.74, 6) is -0.975. The quantitative estimate of drug-likeness (QED) is 0.813. The molecule has 6 heteroatoms. The van der Waals surface area contributed by atoms with Crippen LogP contribution < -0.4 is 11.1 Å². The van der Waals surface area contributed by atoms with Crippen LogP contribution in [0.3, 0.4) is 0 Å². The number of nitrogens with one attached hydrogen (secondary N) is 1. The lowest BCUT2D eigenvalue weighted by Gasteiger charge is -2.13. The van der Waals surface area contributed by atoms with Crippen molar-refractivity contribution in [1.29, 1.82) is 0 Å². The summed E-state index contributed by atoms with van der Waals surface area (Å²) in [6, 6.07) is 9.51. The second kappa shape index (κ2) is 6.56. The summed E-state index contributed by atoms with van der Waals surface area (Å²) in [6.45, 7) is 0. The fourth-order valence-electron chi connectivity index (χ4n) is 1.79. The molecule has 0 spiro atoms. The molecule has 0 fully saturated rings. The smallest absolute Gasteiger partial charge is 0.241 e. The minimum Gasteiger partial charge on any atom is -0.508 e. The first-order valence-corrected chi connectivity index (χ1v) is 6.63. The van der Waals surface area contributed by atoms with Gasteiger partial charge < -0.3 is 16.2 Å². The molecule has 0 saturated heterocycles. The highest BCUT2D eigenvalue weighted by Crippen LogP contribution is 2.19. The Balaban J connectivity index is 2.00. The zero-order chi connectivity index (χ0) is 15.4. The summed E-state index contributed by atoms with van der Waals surface area (Å²) >= 11 is 5.64. The van der Waals surface area contributed by atoms with E-state index in [0.717, 1.165) is 11.6 Å². The van der Waals surface area contributed by atoms with E-state index in [9.17, 15) is 14.3 Å². The van der Waals surface area contributed by atoms with Crippen molar-refractivity contribution in [2.75, 3.05) is 5.32 Å². The third-order valence-corrected chi connectivity index (χ3v) is 3.15. The number of amides is 1. The molecule has 0 aliphatic rings. The van der Waals surface area contributed by atoms with Crippen molar-refractivity contribution in [3.05, 3.63) is 58.9 Å². The average molecular weight is 309 g/mol. The van der Waals surface area contributed by atoms with Crippen LogP contribution in [0.1, 0.15) is 5.56 Å². The third-order valence-electron chi connectivity index (χ3n) is 2.92. The van der Waals surface area contributed by atoms with Crippen molar-refractivity contribution in [1.82, 2.24) is 0 Å². The van der Waals surface area contributed by atoms with E-state index in [0.29, 0.717) is 0 Å². The van der Waals surface area contributed by atoms with E-state index >= 15 is 0 Å². The van der Waals surface area contributed by atoms with E-state index in [2.05, 4.69) is 5.32 Å². The van der Waals surface area contributed by atoms with Crippen molar-refractivity contribution in [2.45, 2.75) is 12.5 Å². The Labute approximate surface area is 126 Å². The SMILES string of the molecule is NC(Cc1ccc(O)cc1)C(=O)Nc1ccc(Cl)cc1F. The van der Waals surface area contributed by atoms with Crippen LogP contribution in [0.5, 0.6) is 5.75 Å². The van der Waals surface area contributed by atoms with Gasteiger partial charge in [-0.3, -0.25) is 4.79 Å². The Morgan fingerprint density at radius 3 is 2.57 bits per heavy atom. The van der Waals surface area contributed by atoms with Crippen LogP contribution in [0.15, 0.2) is 42.5 Å². The van der Waals surface area contributed by atoms with Gasteiger partial charge in [-0.2, -0.15) is 0 Å². The number of benzene rings is 2. The van der Waals surface area contributed by atoms with Gasteiger partial charge in [-0.15, -0.1) is 0 Å². The highest BCUT2D eigenvalue weighted by atomic mass is 35.5. The van der Waals surface area contributed by atoms with Crippen LogP contribution in [0.4, 0.5) is 10.1 Å². The van der Waals surface area contributed by atoms with Gasteiger partial charge in [0.2, 0.25) is 5.91 Å². The molecule has 2 aromatic carbocycles. The maximum absolute atomic E-state index is 13.6. The van der Waals surface area contributed by atoms with Crippen LogP contribution in [-0.2, 0) is 11.2 Å². The normalized spacial score (nSPS) is 12.0. The van der Waals surface area contributed by atoms with E-state index < -0.39 is 17.8 Å². The third kappa shape index (κ3) is 4.18.